The second kappa shape index (κ2) is 4.04. The third-order valence-electron chi connectivity index (χ3n) is 3.61. The van der Waals surface area contributed by atoms with E-state index < -0.39 is 0 Å². The zero-order chi connectivity index (χ0) is 11.8. The Balaban J connectivity index is 1.49. The van der Waals surface area contributed by atoms with Crippen LogP contribution in [0.3, 0.4) is 0 Å². The van der Waals surface area contributed by atoms with Crippen molar-refractivity contribution in [3.63, 3.8) is 0 Å². The standard InChI is InChI=1S/C13H15NO3/c15-12-10-6-14(7-11(10)12)13(16)17-8-9-4-2-1-3-5-9/h1-5,10-12,15H,6-8H2/t10-,11+,12?. The quantitative estimate of drug-likeness (QED) is 0.836. The molecule has 1 heterocycles. The van der Waals surface area contributed by atoms with E-state index in [4.69, 9.17) is 4.74 Å². The van der Waals surface area contributed by atoms with Gasteiger partial charge in [-0.2, -0.15) is 0 Å². The Hall–Kier alpha value is -1.55. The van der Waals surface area contributed by atoms with Gasteiger partial charge < -0.3 is 14.7 Å². The van der Waals surface area contributed by atoms with Crippen LogP contribution in [-0.2, 0) is 11.3 Å². The zero-order valence-corrected chi connectivity index (χ0v) is 9.45. The van der Waals surface area contributed by atoms with Crippen LogP contribution in [0.25, 0.3) is 0 Å². The van der Waals surface area contributed by atoms with Gasteiger partial charge in [-0.3, -0.25) is 0 Å². The predicted molar refractivity (Wildman–Crippen MR) is 61.2 cm³/mol. The first-order chi connectivity index (χ1) is 8.25. The molecular formula is C13H15NO3. The Morgan fingerprint density at radius 2 is 1.94 bits per heavy atom. The van der Waals surface area contributed by atoms with Gasteiger partial charge in [-0.05, 0) is 5.56 Å². The van der Waals surface area contributed by atoms with Crippen LogP contribution >= 0.6 is 0 Å². The van der Waals surface area contributed by atoms with Gasteiger partial charge in [-0.25, -0.2) is 4.79 Å². The van der Waals surface area contributed by atoms with Crippen molar-refractivity contribution in [3.8, 4) is 0 Å². The summed E-state index contributed by atoms with van der Waals surface area (Å²) in [7, 11) is 0. The number of carbonyl (C=O) groups is 1. The molecule has 1 aromatic carbocycles. The van der Waals surface area contributed by atoms with Crippen LogP contribution in [0.2, 0.25) is 0 Å². The lowest BCUT2D eigenvalue weighted by molar-refractivity contribution is 0.0932. The highest BCUT2D eigenvalue weighted by Crippen LogP contribution is 2.45. The molecule has 1 unspecified atom stereocenters. The van der Waals surface area contributed by atoms with E-state index in [0.29, 0.717) is 31.5 Å². The molecule has 90 valence electrons. The predicted octanol–water partition coefficient (Wildman–Crippen LogP) is 1.25. The van der Waals surface area contributed by atoms with Gasteiger partial charge in [0.1, 0.15) is 6.61 Å². The maximum absolute atomic E-state index is 11.7. The SMILES string of the molecule is O=C(OCc1ccccc1)N1C[C@@H]2C(O)[C@@H]2C1. The highest BCUT2D eigenvalue weighted by molar-refractivity contribution is 5.68. The molecule has 4 nitrogen and oxygen atoms in total. The summed E-state index contributed by atoms with van der Waals surface area (Å²) in [5, 5.41) is 9.37. The Bertz CT molecular complexity index is 408. The number of ether oxygens (including phenoxy) is 1. The molecule has 2 fully saturated rings. The lowest BCUT2D eigenvalue weighted by atomic mass is 10.2. The summed E-state index contributed by atoms with van der Waals surface area (Å²) in [4.78, 5) is 13.4. The van der Waals surface area contributed by atoms with Gasteiger partial charge in [0, 0.05) is 24.9 Å². The van der Waals surface area contributed by atoms with Crippen LogP contribution in [0.5, 0.6) is 0 Å². The van der Waals surface area contributed by atoms with Crippen LogP contribution in [0.4, 0.5) is 4.79 Å². The molecule has 1 N–H and O–H groups in total. The minimum atomic E-state index is -0.270. The number of aliphatic hydroxyl groups is 1. The van der Waals surface area contributed by atoms with Crippen molar-refractivity contribution in [1.82, 2.24) is 4.90 Å². The number of carbonyl (C=O) groups excluding carboxylic acids is 1. The van der Waals surface area contributed by atoms with E-state index in [0.717, 1.165) is 5.56 Å². The number of nitrogens with zero attached hydrogens (tertiary/aromatic N) is 1. The van der Waals surface area contributed by atoms with Crippen molar-refractivity contribution in [2.45, 2.75) is 12.7 Å². The molecule has 1 aliphatic heterocycles. The number of likely N-dealkylation sites (tertiary alicyclic amines) is 1. The molecule has 4 heteroatoms. The minimum absolute atomic E-state index is 0.187. The van der Waals surface area contributed by atoms with E-state index in [1.165, 1.54) is 0 Å². The molecule has 1 aliphatic carbocycles. The first-order valence-corrected chi connectivity index (χ1v) is 5.89. The molecule has 2 aliphatic rings. The fraction of sp³-hybridized carbons (Fsp3) is 0.462. The first kappa shape index (κ1) is 10.6. The van der Waals surface area contributed by atoms with Crippen molar-refractivity contribution in [1.29, 1.82) is 0 Å². The van der Waals surface area contributed by atoms with Gasteiger partial charge in [-0.15, -0.1) is 0 Å². The summed E-state index contributed by atoms with van der Waals surface area (Å²) in [6, 6.07) is 9.63. The Labute approximate surface area is 99.8 Å². The number of amides is 1. The van der Waals surface area contributed by atoms with Crippen LogP contribution in [0.1, 0.15) is 5.56 Å². The summed E-state index contributed by atoms with van der Waals surface area (Å²) < 4.78 is 5.22. The van der Waals surface area contributed by atoms with E-state index in [-0.39, 0.29) is 12.2 Å². The lowest BCUT2D eigenvalue weighted by Crippen LogP contribution is -2.32. The van der Waals surface area contributed by atoms with Gasteiger partial charge in [0.05, 0.1) is 6.10 Å². The van der Waals surface area contributed by atoms with Crippen LogP contribution in [-0.4, -0.2) is 35.3 Å². The number of hydrogen-bond donors (Lipinski definition) is 1. The molecule has 0 bridgehead atoms. The van der Waals surface area contributed by atoms with Gasteiger partial charge >= 0.3 is 6.09 Å². The van der Waals surface area contributed by atoms with Crippen LogP contribution in [0.15, 0.2) is 30.3 Å². The number of benzene rings is 1. The zero-order valence-electron chi connectivity index (χ0n) is 9.45. The molecule has 1 saturated heterocycles. The fourth-order valence-electron chi connectivity index (χ4n) is 2.45. The number of fused-ring (bicyclic) bond motifs is 1. The molecule has 0 radical (unpaired) electrons. The van der Waals surface area contributed by atoms with Gasteiger partial charge in [0.25, 0.3) is 0 Å². The van der Waals surface area contributed by atoms with Crippen molar-refractivity contribution in [3.05, 3.63) is 35.9 Å². The number of piperidine rings is 1. The molecule has 3 atom stereocenters. The van der Waals surface area contributed by atoms with Crippen LogP contribution in [0, 0.1) is 11.8 Å². The maximum atomic E-state index is 11.7. The maximum Gasteiger partial charge on any atom is 0.410 e. The lowest BCUT2D eigenvalue weighted by Gasteiger charge is -2.18. The molecule has 0 spiro atoms. The van der Waals surface area contributed by atoms with Crippen molar-refractivity contribution in [2.75, 3.05) is 13.1 Å². The number of rotatable bonds is 2. The fourth-order valence-corrected chi connectivity index (χ4v) is 2.45. The van der Waals surface area contributed by atoms with Gasteiger partial charge in [-0.1, -0.05) is 30.3 Å². The largest absolute Gasteiger partial charge is 0.445 e. The van der Waals surface area contributed by atoms with E-state index in [9.17, 15) is 9.90 Å². The summed E-state index contributed by atoms with van der Waals surface area (Å²) in [6.45, 7) is 1.59. The van der Waals surface area contributed by atoms with Crippen molar-refractivity contribution >= 4 is 6.09 Å². The molecule has 17 heavy (non-hydrogen) atoms. The Kier molecular flexibility index (Phi) is 2.52. The second-order valence-electron chi connectivity index (χ2n) is 4.76. The summed E-state index contributed by atoms with van der Waals surface area (Å²) >= 11 is 0. The molecular weight excluding hydrogens is 218 g/mol. The van der Waals surface area contributed by atoms with E-state index >= 15 is 0 Å². The van der Waals surface area contributed by atoms with E-state index in [2.05, 4.69) is 0 Å². The average molecular weight is 233 g/mol. The average Bonchev–Trinajstić information content (AvgIpc) is 2.81. The third-order valence-corrected chi connectivity index (χ3v) is 3.61. The van der Waals surface area contributed by atoms with Crippen LogP contribution < -0.4 is 0 Å². The smallest absolute Gasteiger partial charge is 0.410 e. The monoisotopic (exact) mass is 233 g/mol. The third kappa shape index (κ3) is 2.00. The Morgan fingerprint density at radius 3 is 2.59 bits per heavy atom. The molecule has 1 saturated carbocycles. The first-order valence-electron chi connectivity index (χ1n) is 5.89. The Morgan fingerprint density at radius 1 is 1.29 bits per heavy atom. The number of hydrogen-bond acceptors (Lipinski definition) is 3. The molecule has 3 rings (SSSR count). The number of aliphatic hydroxyl groups excluding tert-OH is 1. The topological polar surface area (TPSA) is 49.8 Å². The molecule has 1 amide bonds. The summed E-state index contributed by atoms with van der Waals surface area (Å²) in [5.41, 5.74) is 0.991. The molecule has 0 aromatic heterocycles. The van der Waals surface area contributed by atoms with Crippen molar-refractivity contribution < 1.29 is 14.6 Å². The summed E-state index contributed by atoms with van der Waals surface area (Å²) in [5.74, 6) is 0.582. The van der Waals surface area contributed by atoms with Gasteiger partial charge in [0.15, 0.2) is 0 Å². The highest BCUT2D eigenvalue weighted by atomic mass is 16.6. The summed E-state index contributed by atoms with van der Waals surface area (Å²) in [6.07, 6.45) is -0.457. The normalized spacial score (nSPS) is 29.9. The molecule has 1 aromatic rings. The van der Waals surface area contributed by atoms with Crippen molar-refractivity contribution in [2.24, 2.45) is 11.8 Å². The highest BCUT2D eigenvalue weighted by Gasteiger charge is 2.56. The van der Waals surface area contributed by atoms with E-state index in [1.807, 2.05) is 30.3 Å². The van der Waals surface area contributed by atoms with E-state index in [1.54, 1.807) is 4.90 Å². The second-order valence-corrected chi connectivity index (χ2v) is 4.76. The van der Waals surface area contributed by atoms with Gasteiger partial charge in [0.2, 0.25) is 0 Å². The minimum Gasteiger partial charge on any atom is -0.445 e.